The first-order valence-corrected chi connectivity index (χ1v) is 12.2. The van der Waals surface area contributed by atoms with Gasteiger partial charge in [0.05, 0.1) is 35.4 Å². The highest BCUT2D eigenvalue weighted by Crippen LogP contribution is 2.39. The maximum atomic E-state index is 13.3. The summed E-state index contributed by atoms with van der Waals surface area (Å²) in [5.41, 5.74) is 4.01. The molecule has 10 nitrogen and oxygen atoms in total. The normalized spacial score (nSPS) is 15.3. The molecule has 0 bridgehead atoms. The molecule has 0 amide bonds. The van der Waals surface area contributed by atoms with Crippen LogP contribution in [0.25, 0.3) is 6.08 Å². The number of imidazole rings is 1. The number of methoxy groups -OCH3 is 1. The third-order valence-corrected chi connectivity index (χ3v) is 6.35. The Hall–Kier alpha value is -4.99. The molecule has 0 saturated heterocycles. The summed E-state index contributed by atoms with van der Waals surface area (Å²) in [6, 6.07) is 13.7. The molecule has 1 aromatic heterocycles. The highest BCUT2D eigenvalue weighted by molar-refractivity contribution is 5.99. The molecule has 2 heterocycles. The number of hydrogen-bond acceptors (Lipinski definition) is 8. The van der Waals surface area contributed by atoms with Gasteiger partial charge in [0.25, 0.3) is 5.69 Å². The van der Waals surface area contributed by atoms with Crippen molar-refractivity contribution >= 4 is 23.7 Å². The van der Waals surface area contributed by atoms with E-state index in [-0.39, 0.29) is 23.4 Å². The van der Waals surface area contributed by atoms with Crippen LogP contribution in [0.5, 0.6) is 0 Å². The van der Waals surface area contributed by atoms with Crippen LogP contribution in [0.15, 0.2) is 95.9 Å². The van der Waals surface area contributed by atoms with Gasteiger partial charge in [0, 0.05) is 42.5 Å². The zero-order valence-corrected chi connectivity index (χ0v) is 21.8. The fourth-order valence-electron chi connectivity index (χ4n) is 4.48. The highest BCUT2D eigenvalue weighted by Gasteiger charge is 2.37. The number of dihydropyridines is 1. The largest absolute Gasteiger partial charge is 0.466 e. The number of allylic oxidation sites excluding steroid dienone is 2. The molecule has 0 saturated carbocycles. The Balaban J connectivity index is 1.49. The summed E-state index contributed by atoms with van der Waals surface area (Å²) in [5.74, 6) is -2.05. The van der Waals surface area contributed by atoms with Crippen LogP contribution in [0.4, 0.5) is 5.69 Å². The minimum absolute atomic E-state index is 0.00956. The molecule has 2 aromatic carbocycles. The maximum Gasteiger partial charge on any atom is 0.337 e. The van der Waals surface area contributed by atoms with Crippen molar-refractivity contribution in [1.82, 2.24) is 14.9 Å². The average molecular weight is 529 g/mol. The molecule has 1 aliphatic heterocycles. The summed E-state index contributed by atoms with van der Waals surface area (Å²) in [6.45, 7) is 4.16. The van der Waals surface area contributed by atoms with Crippen molar-refractivity contribution in [1.29, 1.82) is 0 Å². The standard InChI is InChI=1S/C29H28N4O6/c1-19-25(28(34)38-3)27(23-10-12-24(13-11-23)33(36)37)26(20(2)31-19)29(35)39-16-4-5-21-6-8-22(9-7-21)17-32-15-14-30-18-32/h4-15,18,27,31H,16-17H2,1-3H3. The quantitative estimate of drug-likeness (QED) is 0.244. The van der Waals surface area contributed by atoms with E-state index in [0.29, 0.717) is 17.0 Å². The van der Waals surface area contributed by atoms with E-state index in [1.807, 2.05) is 41.1 Å². The van der Waals surface area contributed by atoms with Gasteiger partial charge < -0.3 is 19.4 Å². The predicted octanol–water partition coefficient (Wildman–Crippen LogP) is 4.50. The van der Waals surface area contributed by atoms with Crippen molar-refractivity contribution in [2.45, 2.75) is 26.3 Å². The van der Waals surface area contributed by atoms with E-state index in [2.05, 4.69) is 10.3 Å². The third kappa shape index (κ3) is 6.30. The lowest BCUT2D eigenvalue weighted by Crippen LogP contribution is -2.32. The lowest BCUT2D eigenvalue weighted by Gasteiger charge is -2.30. The molecule has 3 aromatic rings. The lowest BCUT2D eigenvalue weighted by molar-refractivity contribution is -0.384. The number of ether oxygens (including phenoxy) is 2. The molecule has 200 valence electrons. The topological polar surface area (TPSA) is 126 Å². The van der Waals surface area contributed by atoms with Crippen LogP contribution >= 0.6 is 0 Å². The molecular weight excluding hydrogens is 500 g/mol. The molecule has 1 atom stereocenters. The summed E-state index contributed by atoms with van der Waals surface area (Å²) in [6.07, 6.45) is 8.99. The molecule has 0 aliphatic carbocycles. The average Bonchev–Trinajstić information content (AvgIpc) is 3.44. The Bertz CT molecular complexity index is 1450. The summed E-state index contributed by atoms with van der Waals surface area (Å²) in [5, 5.41) is 14.2. The zero-order valence-electron chi connectivity index (χ0n) is 21.8. The third-order valence-electron chi connectivity index (χ3n) is 6.35. The highest BCUT2D eigenvalue weighted by atomic mass is 16.6. The number of rotatable bonds is 9. The number of carbonyl (C=O) groups is 2. The SMILES string of the molecule is COC(=O)C1=C(C)NC(C)=C(C(=O)OCC=Cc2ccc(Cn3ccnc3)cc2)C1c1ccc([N+](=O)[O-])cc1. The number of aromatic nitrogens is 2. The van der Waals surface area contributed by atoms with Gasteiger partial charge in [-0.3, -0.25) is 10.1 Å². The number of carbonyl (C=O) groups excluding carboxylic acids is 2. The molecule has 0 fully saturated rings. The van der Waals surface area contributed by atoms with Crippen LogP contribution in [0.3, 0.4) is 0 Å². The van der Waals surface area contributed by atoms with Gasteiger partial charge in [-0.1, -0.05) is 42.5 Å². The Morgan fingerprint density at radius 1 is 1.05 bits per heavy atom. The Morgan fingerprint density at radius 3 is 2.31 bits per heavy atom. The zero-order chi connectivity index (χ0) is 27.9. The van der Waals surface area contributed by atoms with E-state index in [4.69, 9.17) is 9.47 Å². The first-order chi connectivity index (χ1) is 18.8. The molecule has 39 heavy (non-hydrogen) atoms. The van der Waals surface area contributed by atoms with Crippen LogP contribution in [-0.4, -0.2) is 40.1 Å². The van der Waals surface area contributed by atoms with E-state index in [0.717, 1.165) is 17.7 Å². The second kappa shape index (κ2) is 12.0. The number of nitro groups is 1. The predicted molar refractivity (Wildman–Crippen MR) is 144 cm³/mol. The van der Waals surface area contributed by atoms with Gasteiger partial charge in [-0.15, -0.1) is 0 Å². The summed E-state index contributed by atoms with van der Waals surface area (Å²) >= 11 is 0. The van der Waals surface area contributed by atoms with Gasteiger partial charge in [-0.05, 0) is 36.6 Å². The summed E-state index contributed by atoms with van der Waals surface area (Å²) in [7, 11) is 1.26. The van der Waals surface area contributed by atoms with Crippen molar-refractivity contribution in [2.24, 2.45) is 0 Å². The molecule has 1 aliphatic rings. The van der Waals surface area contributed by atoms with Crippen LogP contribution in [0.1, 0.15) is 36.5 Å². The fraction of sp³-hybridized carbons (Fsp3) is 0.207. The van der Waals surface area contributed by atoms with Gasteiger partial charge in [0.2, 0.25) is 0 Å². The van der Waals surface area contributed by atoms with Crippen molar-refractivity contribution in [3.63, 3.8) is 0 Å². The van der Waals surface area contributed by atoms with Gasteiger partial charge in [-0.25, -0.2) is 14.6 Å². The number of hydrogen-bond donors (Lipinski definition) is 1. The van der Waals surface area contributed by atoms with Crippen molar-refractivity contribution in [2.75, 3.05) is 13.7 Å². The molecular formula is C29H28N4O6. The minimum Gasteiger partial charge on any atom is -0.466 e. The first kappa shape index (κ1) is 27.1. The number of nitro benzene ring substituents is 1. The van der Waals surface area contributed by atoms with E-state index in [1.165, 1.54) is 31.4 Å². The Kier molecular flexibility index (Phi) is 8.35. The molecule has 0 radical (unpaired) electrons. The molecule has 1 N–H and O–H groups in total. The Labute approximate surface area is 225 Å². The molecule has 4 rings (SSSR count). The van der Waals surface area contributed by atoms with Gasteiger partial charge in [0.1, 0.15) is 6.61 Å². The maximum absolute atomic E-state index is 13.3. The first-order valence-electron chi connectivity index (χ1n) is 12.2. The van der Waals surface area contributed by atoms with Crippen LogP contribution in [0, 0.1) is 10.1 Å². The van der Waals surface area contributed by atoms with E-state index < -0.39 is 22.8 Å². The second-order valence-corrected chi connectivity index (χ2v) is 8.95. The van der Waals surface area contributed by atoms with Gasteiger partial charge >= 0.3 is 11.9 Å². The monoisotopic (exact) mass is 528 g/mol. The molecule has 1 unspecified atom stereocenters. The van der Waals surface area contributed by atoms with Gasteiger partial charge in [0.15, 0.2) is 0 Å². The van der Waals surface area contributed by atoms with Crippen molar-refractivity contribution < 1.29 is 24.0 Å². The number of nitrogens with one attached hydrogen (secondary N) is 1. The Morgan fingerprint density at radius 2 is 1.72 bits per heavy atom. The number of nitrogens with zero attached hydrogens (tertiary/aromatic N) is 3. The smallest absolute Gasteiger partial charge is 0.337 e. The van der Waals surface area contributed by atoms with Crippen molar-refractivity contribution in [3.8, 4) is 0 Å². The van der Waals surface area contributed by atoms with Crippen LogP contribution in [-0.2, 0) is 25.6 Å². The number of non-ortho nitro benzene ring substituents is 1. The van der Waals surface area contributed by atoms with E-state index in [1.54, 1.807) is 32.4 Å². The fourth-order valence-corrected chi connectivity index (χ4v) is 4.48. The van der Waals surface area contributed by atoms with Crippen LogP contribution < -0.4 is 5.32 Å². The van der Waals surface area contributed by atoms with Crippen molar-refractivity contribution in [3.05, 3.63) is 123 Å². The van der Waals surface area contributed by atoms with Gasteiger partial charge in [-0.2, -0.15) is 0 Å². The lowest BCUT2D eigenvalue weighted by atomic mass is 9.80. The molecule has 10 heteroatoms. The molecule has 0 spiro atoms. The minimum atomic E-state index is -0.820. The number of benzene rings is 2. The van der Waals surface area contributed by atoms with E-state index in [9.17, 15) is 19.7 Å². The summed E-state index contributed by atoms with van der Waals surface area (Å²) < 4.78 is 12.5. The van der Waals surface area contributed by atoms with E-state index >= 15 is 0 Å². The van der Waals surface area contributed by atoms with Crippen LogP contribution in [0.2, 0.25) is 0 Å². The number of esters is 2. The summed E-state index contributed by atoms with van der Waals surface area (Å²) in [4.78, 5) is 40.7. The second-order valence-electron chi connectivity index (χ2n) is 8.95.